The normalized spacial score (nSPS) is 18.9. The van der Waals surface area contributed by atoms with Gasteiger partial charge in [-0.2, -0.15) is 4.98 Å². The van der Waals surface area contributed by atoms with E-state index in [4.69, 9.17) is 27.5 Å². The van der Waals surface area contributed by atoms with Crippen LogP contribution in [0.1, 0.15) is 69.5 Å². The number of ether oxygens (including phenoxy) is 1. The first-order chi connectivity index (χ1) is 23.6. The number of aromatic amines is 1. The molecule has 2 aromatic heterocycles. The molecule has 0 spiro atoms. The molecule has 4 heterocycles. The van der Waals surface area contributed by atoms with Gasteiger partial charge < -0.3 is 31.0 Å². The van der Waals surface area contributed by atoms with Crippen molar-refractivity contribution in [2.24, 2.45) is 5.73 Å². The molecule has 0 aliphatic carbocycles. The largest absolute Gasteiger partial charge is 0.378 e. The van der Waals surface area contributed by atoms with Crippen molar-refractivity contribution in [2.75, 3.05) is 37.7 Å². The van der Waals surface area contributed by atoms with E-state index >= 15 is 8.78 Å². The third-order valence-electron chi connectivity index (χ3n) is 9.45. The maximum Gasteiger partial charge on any atom is 0.354 e. The summed E-state index contributed by atoms with van der Waals surface area (Å²) in [4.78, 5) is 22.9. The van der Waals surface area contributed by atoms with E-state index in [1.54, 1.807) is 31.3 Å². The lowest BCUT2D eigenvalue weighted by atomic mass is 9.90. The van der Waals surface area contributed by atoms with Crippen LogP contribution < -0.4 is 27.0 Å². The van der Waals surface area contributed by atoms with Crippen LogP contribution in [0.2, 0.25) is 5.02 Å². The van der Waals surface area contributed by atoms with Gasteiger partial charge in [-0.1, -0.05) is 18.0 Å². The summed E-state index contributed by atoms with van der Waals surface area (Å²) in [5.74, 6) is -0.534. The van der Waals surface area contributed by atoms with Gasteiger partial charge in [0.25, 0.3) is 0 Å². The van der Waals surface area contributed by atoms with Crippen molar-refractivity contribution in [3.05, 3.63) is 74.8 Å². The monoisotopic (exact) mass is 694 g/mol. The predicted molar refractivity (Wildman–Crippen MR) is 191 cm³/mol. The Bertz CT molecular complexity index is 1870. The number of rotatable bonds is 11. The Morgan fingerprint density at radius 3 is 2.76 bits per heavy atom. The van der Waals surface area contributed by atoms with Gasteiger partial charge in [-0.25, -0.2) is 13.6 Å². The second-order valence-electron chi connectivity index (χ2n) is 13.3. The summed E-state index contributed by atoms with van der Waals surface area (Å²) in [5.41, 5.74) is 8.88. The highest BCUT2D eigenvalue weighted by molar-refractivity contribution is 6.31. The summed E-state index contributed by atoms with van der Waals surface area (Å²) in [6, 6.07) is 8.45. The van der Waals surface area contributed by atoms with Gasteiger partial charge in [-0.15, -0.1) is 0 Å². The molecule has 13 heteroatoms. The minimum atomic E-state index is -0.589. The van der Waals surface area contributed by atoms with Crippen LogP contribution in [0.25, 0.3) is 28.0 Å². The molecule has 2 aliphatic heterocycles. The number of nitrogens with two attached hydrogens (primary N) is 1. The Kier molecular flexibility index (Phi) is 11.0. The molecule has 0 saturated carbocycles. The fraction of sp³-hybridized carbons (Fsp3) is 0.472. The lowest BCUT2D eigenvalue weighted by Gasteiger charge is -2.36. The van der Waals surface area contributed by atoms with Crippen LogP contribution in [0.5, 0.6) is 0 Å². The molecule has 262 valence electrons. The molecule has 2 fully saturated rings. The SMILES string of the molecule is CC(=N)NCC[C@@H]1CCC[C@@H](c2c(F)cc(-n3cc4cc(-c5cc(CCC[C@H](C)N)cc(Cl)c5F)[nH]c4nc3=O)cc2N2CCOCC2)N1. The number of morpholine rings is 1. The zero-order chi connectivity index (χ0) is 34.7. The van der Waals surface area contributed by atoms with Gasteiger partial charge in [-0.3, -0.25) is 9.98 Å². The number of H-pyrrole nitrogens is 1. The number of anilines is 1. The lowest BCUT2D eigenvalue weighted by molar-refractivity contribution is 0.122. The number of benzene rings is 2. The van der Waals surface area contributed by atoms with Crippen molar-refractivity contribution in [1.29, 1.82) is 5.41 Å². The van der Waals surface area contributed by atoms with E-state index in [2.05, 4.69) is 25.5 Å². The number of amidine groups is 1. The average molecular weight is 695 g/mol. The van der Waals surface area contributed by atoms with Crippen LogP contribution in [0.4, 0.5) is 14.5 Å². The first kappa shape index (κ1) is 35.0. The predicted octanol–water partition coefficient (Wildman–Crippen LogP) is 5.98. The van der Waals surface area contributed by atoms with Gasteiger partial charge in [-0.05, 0) is 88.3 Å². The number of aryl methyl sites for hydroxylation is 1. The summed E-state index contributed by atoms with van der Waals surface area (Å²) >= 11 is 6.30. The van der Waals surface area contributed by atoms with Crippen molar-refractivity contribution < 1.29 is 13.5 Å². The summed E-state index contributed by atoms with van der Waals surface area (Å²) in [6.45, 7) is 6.59. The fourth-order valence-electron chi connectivity index (χ4n) is 6.99. The number of halogens is 3. The van der Waals surface area contributed by atoms with Crippen LogP contribution in [-0.2, 0) is 11.2 Å². The van der Waals surface area contributed by atoms with E-state index in [-0.39, 0.29) is 28.7 Å². The molecule has 0 radical (unpaired) electrons. The highest BCUT2D eigenvalue weighted by atomic mass is 35.5. The first-order valence-electron chi connectivity index (χ1n) is 17.1. The second kappa shape index (κ2) is 15.4. The minimum absolute atomic E-state index is 0.0163. The minimum Gasteiger partial charge on any atom is -0.378 e. The number of fused-ring (bicyclic) bond motifs is 1. The zero-order valence-corrected chi connectivity index (χ0v) is 28.8. The molecular weight excluding hydrogens is 650 g/mol. The molecule has 6 rings (SSSR count). The number of piperidine rings is 1. The molecule has 6 N–H and O–H groups in total. The third-order valence-corrected chi connectivity index (χ3v) is 9.72. The highest BCUT2D eigenvalue weighted by Gasteiger charge is 2.30. The lowest BCUT2D eigenvalue weighted by Crippen LogP contribution is -2.41. The highest BCUT2D eigenvalue weighted by Crippen LogP contribution is 2.38. The molecule has 0 amide bonds. The number of nitrogens with one attached hydrogen (secondary N) is 4. The van der Waals surface area contributed by atoms with Crippen molar-refractivity contribution >= 4 is 34.2 Å². The third kappa shape index (κ3) is 8.15. The number of nitrogens with zero attached hydrogens (tertiary/aromatic N) is 3. The summed E-state index contributed by atoms with van der Waals surface area (Å²) < 4.78 is 38.7. The summed E-state index contributed by atoms with van der Waals surface area (Å²) in [6.07, 6.45) is 7.53. The fourth-order valence-corrected chi connectivity index (χ4v) is 7.23. The maximum absolute atomic E-state index is 16.4. The van der Waals surface area contributed by atoms with E-state index in [0.29, 0.717) is 73.1 Å². The van der Waals surface area contributed by atoms with Crippen LogP contribution in [0, 0.1) is 17.0 Å². The van der Waals surface area contributed by atoms with Crippen LogP contribution in [-0.4, -0.2) is 65.3 Å². The smallest absolute Gasteiger partial charge is 0.354 e. The van der Waals surface area contributed by atoms with Gasteiger partial charge in [0.15, 0.2) is 5.82 Å². The van der Waals surface area contributed by atoms with Gasteiger partial charge in [0.1, 0.15) is 11.5 Å². The van der Waals surface area contributed by atoms with Crippen molar-refractivity contribution in [3.63, 3.8) is 0 Å². The molecule has 10 nitrogen and oxygen atoms in total. The Morgan fingerprint density at radius 2 is 2.00 bits per heavy atom. The quantitative estimate of drug-likeness (QED) is 0.0963. The number of aromatic nitrogens is 3. The Hall–Kier alpha value is -3.84. The van der Waals surface area contributed by atoms with Crippen LogP contribution in [0.15, 0.2) is 41.3 Å². The zero-order valence-electron chi connectivity index (χ0n) is 28.1. The molecule has 2 aromatic carbocycles. The van der Waals surface area contributed by atoms with E-state index in [1.165, 1.54) is 10.6 Å². The van der Waals surface area contributed by atoms with Crippen molar-refractivity contribution in [2.45, 2.75) is 76.9 Å². The molecule has 49 heavy (non-hydrogen) atoms. The van der Waals surface area contributed by atoms with Gasteiger partial charge in [0.05, 0.1) is 35.5 Å². The van der Waals surface area contributed by atoms with E-state index in [9.17, 15) is 4.79 Å². The topological polar surface area (TPSA) is 137 Å². The molecule has 4 aromatic rings. The molecular formula is C36H45ClF2N8O2. The van der Waals surface area contributed by atoms with Crippen molar-refractivity contribution in [3.8, 4) is 16.9 Å². The molecule has 2 saturated heterocycles. The number of hydrogen-bond donors (Lipinski definition) is 5. The molecule has 3 atom stereocenters. The van der Waals surface area contributed by atoms with E-state index in [1.807, 2.05) is 13.0 Å². The Balaban J connectivity index is 1.34. The summed E-state index contributed by atoms with van der Waals surface area (Å²) in [5, 5.41) is 15.0. The maximum atomic E-state index is 16.4. The van der Waals surface area contributed by atoms with Gasteiger partial charge >= 0.3 is 5.69 Å². The van der Waals surface area contributed by atoms with Crippen molar-refractivity contribution in [1.82, 2.24) is 25.2 Å². The van der Waals surface area contributed by atoms with Gasteiger partial charge in [0, 0.05) is 66.2 Å². The van der Waals surface area contributed by atoms with Crippen LogP contribution >= 0.6 is 11.6 Å². The molecule has 0 bridgehead atoms. The average Bonchev–Trinajstić information content (AvgIpc) is 3.48. The Morgan fingerprint density at radius 1 is 1.20 bits per heavy atom. The molecule has 0 unspecified atom stereocenters. The molecule has 2 aliphatic rings. The van der Waals surface area contributed by atoms with Crippen LogP contribution in [0.3, 0.4) is 0 Å². The number of hydrogen-bond acceptors (Lipinski definition) is 7. The van der Waals surface area contributed by atoms with E-state index in [0.717, 1.165) is 49.8 Å². The second-order valence-corrected chi connectivity index (χ2v) is 13.7. The first-order valence-corrected chi connectivity index (χ1v) is 17.5. The standard InChI is InChI=1S/C36H45ClF2N8O2/c1-21(40)5-3-6-23-15-27(34(39)28(37)16-23)31-17-24-20-47(36(48)45-35(24)44-31)26-18-29(38)33(32(19-26)46-11-13-49-14-12-46)30-8-4-7-25(43-30)9-10-42-22(2)41/h15-21,25,30,43H,3-14,40H2,1-2H3,(H2,41,42)(H,44,45,48)/t21-,25-,30-/m0/s1. The van der Waals surface area contributed by atoms with Gasteiger partial charge in [0.2, 0.25) is 0 Å². The van der Waals surface area contributed by atoms with E-state index < -0.39 is 17.3 Å². The summed E-state index contributed by atoms with van der Waals surface area (Å²) in [7, 11) is 0. The Labute approximate surface area is 289 Å².